The van der Waals surface area contributed by atoms with Gasteiger partial charge in [-0.1, -0.05) is 13.0 Å². The number of rotatable bonds is 4. The van der Waals surface area contributed by atoms with Gasteiger partial charge in [-0.15, -0.1) is 0 Å². The number of carboxylic acids is 1. The molecule has 1 atom stereocenters. The van der Waals surface area contributed by atoms with Gasteiger partial charge in [-0.3, -0.25) is 0 Å². The number of hydrogen-bond acceptors (Lipinski definition) is 2. The molecule has 0 heterocycles. The van der Waals surface area contributed by atoms with E-state index in [-0.39, 0.29) is 12.2 Å². The van der Waals surface area contributed by atoms with E-state index in [9.17, 15) is 18.0 Å². The van der Waals surface area contributed by atoms with E-state index in [1.807, 2.05) is 0 Å². The molecular formula is C11H11F3O3. The van der Waals surface area contributed by atoms with Crippen LogP contribution in [0.5, 0.6) is 5.75 Å². The first-order valence-corrected chi connectivity index (χ1v) is 4.91. The maximum atomic E-state index is 12.4. The molecule has 0 aliphatic carbocycles. The molecular weight excluding hydrogens is 237 g/mol. The first-order chi connectivity index (χ1) is 7.84. The largest absolute Gasteiger partial charge is 0.479 e. The zero-order valence-electron chi connectivity index (χ0n) is 8.99. The number of benzene rings is 1. The van der Waals surface area contributed by atoms with E-state index in [2.05, 4.69) is 0 Å². The SMILES string of the molecule is CC[C@H](Oc1cccc(C(F)(F)F)c1)C(=O)O. The average Bonchev–Trinajstić information content (AvgIpc) is 2.24. The van der Waals surface area contributed by atoms with Crippen LogP contribution in [0.1, 0.15) is 18.9 Å². The Labute approximate surface area is 95.8 Å². The predicted octanol–water partition coefficient (Wildman–Crippen LogP) is 2.95. The van der Waals surface area contributed by atoms with Gasteiger partial charge in [-0.25, -0.2) is 4.79 Å². The average molecular weight is 248 g/mol. The van der Waals surface area contributed by atoms with Crippen molar-refractivity contribution in [2.24, 2.45) is 0 Å². The molecule has 6 heteroatoms. The van der Waals surface area contributed by atoms with Gasteiger partial charge in [0.15, 0.2) is 6.10 Å². The molecule has 0 amide bonds. The van der Waals surface area contributed by atoms with E-state index < -0.39 is 23.8 Å². The fraction of sp³-hybridized carbons (Fsp3) is 0.364. The first-order valence-electron chi connectivity index (χ1n) is 4.91. The fourth-order valence-corrected chi connectivity index (χ4v) is 1.22. The Morgan fingerprint density at radius 1 is 1.47 bits per heavy atom. The summed E-state index contributed by atoms with van der Waals surface area (Å²) in [6.45, 7) is 1.58. The van der Waals surface area contributed by atoms with Crippen molar-refractivity contribution < 1.29 is 27.8 Å². The third kappa shape index (κ3) is 3.65. The van der Waals surface area contributed by atoms with E-state index in [4.69, 9.17) is 9.84 Å². The summed E-state index contributed by atoms with van der Waals surface area (Å²) >= 11 is 0. The number of halogens is 3. The van der Waals surface area contributed by atoms with Crippen LogP contribution in [-0.2, 0) is 11.0 Å². The molecule has 0 saturated carbocycles. The highest BCUT2D eigenvalue weighted by Gasteiger charge is 2.31. The maximum Gasteiger partial charge on any atom is 0.416 e. The van der Waals surface area contributed by atoms with Crippen molar-refractivity contribution in [3.05, 3.63) is 29.8 Å². The van der Waals surface area contributed by atoms with Crippen LogP contribution in [0.3, 0.4) is 0 Å². The lowest BCUT2D eigenvalue weighted by molar-refractivity contribution is -0.145. The summed E-state index contributed by atoms with van der Waals surface area (Å²) in [5, 5.41) is 8.72. The third-order valence-electron chi connectivity index (χ3n) is 2.09. The number of aliphatic carboxylic acids is 1. The Hall–Kier alpha value is -1.72. The summed E-state index contributed by atoms with van der Waals surface area (Å²) < 4.78 is 42.1. The van der Waals surface area contributed by atoms with Crippen molar-refractivity contribution in [1.82, 2.24) is 0 Å². The van der Waals surface area contributed by atoms with Crippen LogP contribution in [0.25, 0.3) is 0 Å². The topological polar surface area (TPSA) is 46.5 Å². The Morgan fingerprint density at radius 3 is 2.59 bits per heavy atom. The predicted molar refractivity (Wildman–Crippen MR) is 53.8 cm³/mol. The van der Waals surface area contributed by atoms with Crippen LogP contribution in [0.2, 0.25) is 0 Å². The number of carboxylic acid groups (broad SMARTS) is 1. The highest BCUT2D eigenvalue weighted by atomic mass is 19.4. The van der Waals surface area contributed by atoms with Crippen molar-refractivity contribution >= 4 is 5.97 Å². The van der Waals surface area contributed by atoms with Gasteiger partial charge in [0, 0.05) is 0 Å². The number of ether oxygens (including phenoxy) is 1. The molecule has 0 spiro atoms. The monoisotopic (exact) mass is 248 g/mol. The van der Waals surface area contributed by atoms with Crippen LogP contribution in [-0.4, -0.2) is 17.2 Å². The van der Waals surface area contributed by atoms with E-state index in [1.165, 1.54) is 12.1 Å². The van der Waals surface area contributed by atoms with Gasteiger partial charge in [0.1, 0.15) is 5.75 Å². The van der Waals surface area contributed by atoms with E-state index >= 15 is 0 Å². The first kappa shape index (κ1) is 13.3. The minimum Gasteiger partial charge on any atom is -0.479 e. The second kappa shape index (κ2) is 5.07. The van der Waals surface area contributed by atoms with Crippen LogP contribution in [0.4, 0.5) is 13.2 Å². The standard InChI is InChI=1S/C11H11F3O3/c1-2-9(10(15)16)17-8-5-3-4-7(6-8)11(12,13)14/h3-6,9H,2H2,1H3,(H,15,16)/t9-/m0/s1. The third-order valence-corrected chi connectivity index (χ3v) is 2.09. The lowest BCUT2D eigenvalue weighted by Gasteiger charge is -2.14. The molecule has 0 aliphatic heterocycles. The minimum absolute atomic E-state index is 0.103. The number of hydrogen-bond donors (Lipinski definition) is 1. The molecule has 94 valence electrons. The molecule has 0 saturated heterocycles. The van der Waals surface area contributed by atoms with Gasteiger partial charge >= 0.3 is 12.1 Å². The van der Waals surface area contributed by atoms with Crippen LogP contribution >= 0.6 is 0 Å². The molecule has 0 aliphatic rings. The molecule has 0 bridgehead atoms. The fourth-order valence-electron chi connectivity index (χ4n) is 1.22. The molecule has 1 N–H and O–H groups in total. The second-order valence-corrected chi connectivity index (χ2v) is 3.38. The van der Waals surface area contributed by atoms with Crippen molar-refractivity contribution in [2.75, 3.05) is 0 Å². The maximum absolute atomic E-state index is 12.4. The minimum atomic E-state index is -4.47. The lowest BCUT2D eigenvalue weighted by Crippen LogP contribution is -2.26. The van der Waals surface area contributed by atoms with Gasteiger partial charge in [-0.05, 0) is 24.6 Å². The van der Waals surface area contributed by atoms with Gasteiger partial charge in [-0.2, -0.15) is 13.2 Å². The summed E-state index contributed by atoms with van der Waals surface area (Å²) in [6, 6.07) is 4.15. The Balaban J connectivity index is 2.89. The Morgan fingerprint density at radius 2 is 2.12 bits per heavy atom. The highest BCUT2D eigenvalue weighted by molar-refractivity contribution is 5.72. The molecule has 0 radical (unpaired) electrons. The summed E-state index contributed by atoms with van der Waals surface area (Å²) in [5.41, 5.74) is -0.866. The molecule has 17 heavy (non-hydrogen) atoms. The van der Waals surface area contributed by atoms with Crippen molar-refractivity contribution in [1.29, 1.82) is 0 Å². The van der Waals surface area contributed by atoms with Gasteiger partial charge < -0.3 is 9.84 Å². The van der Waals surface area contributed by atoms with Gasteiger partial charge in [0.25, 0.3) is 0 Å². The second-order valence-electron chi connectivity index (χ2n) is 3.38. The van der Waals surface area contributed by atoms with E-state index in [0.717, 1.165) is 12.1 Å². The zero-order valence-corrected chi connectivity index (χ0v) is 8.99. The summed E-state index contributed by atoms with van der Waals surface area (Å²) in [4.78, 5) is 10.7. The quantitative estimate of drug-likeness (QED) is 0.891. The highest BCUT2D eigenvalue weighted by Crippen LogP contribution is 2.31. The zero-order chi connectivity index (χ0) is 13.1. The van der Waals surface area contributed by atoms with Crippen LogP contribution < -0.4 is 4.74 Å². The van der Waals surface area contributed by atoms with Crippen molar-refractivity contribution in [2.45, 2.75) is 25.6 Å². The van der Waals surface area contributed by atoms with E-state index in [1.54, 1.807) is 6.92 Å². The van der Waals surface area contributed by atoms with Crippen molar-refractivity contribution in [3.8, 4) is 5.75 Å². The lowest BCUT2D eigenvalue weighted by atomic mass is 10.2. The summed E-state index contributed by atoms with van der Waals surface area (Å²) in [5.74, 6) is -1.31. The van der Waals surface area contributed by atoms with Gasteiger partial charge in [0.2, 0.25) is 0 Å². The molecule has 3 nitrogen and oxygen atoms in total. The van der Waals surface area contributed by atoms with Crippen LogP contribution in [0.15, 0.2) is 24.3 Å². The molecule has 0 aromatic heterocycles. The smallest absolute Gasteiger partial charge is 0.416 e. The number of carbonyl (C=O) groups is 1. The van der Waals surface area contributed by atoms with Gasteiger partial charge in [0.05, 0.1) is 5.56 Å². The Kier molecular flexibility index (Phi) is 3.98. The van der Waals surface area contributed by atoms with Crippen molar-refractivity contribution in [3.63, 3.8) is 0 Å². The van der Waals surface area contributed by atoms with E-state index in [0.29, 0.717) is 0 Å². The molecule has 0 unspecified atom stereocenters. The van der Waals surface area contributed by atoms with Crippen LogP contribution in [0, 0.1) is 0 Å². The summed E-state index contributed by atoms with van der Waals surface area (Å²) in [7, 11) is 0. The molecule has 1 aromatic rings. The normalized spacial score (nSPS) is 13.2. The molecule has 1 aromatic carbocycles. The number of alkyl halides is 3. The summed E-state index contributed by atoms with van der Waals surface area (Å²) in [6.07, 6.45) is -5.44. The molecule has 1 rings (SSSR count). The Bertz CT molecular complexity index is 401. The molecule has 0 fully saturated rings.